The molecule has 2 aromatic rings. The predicted molar refractivity (Wildman–Crippen MR) is 110 cm³/mol. The number of hydrogen-bond donors (Lipinski definition) is 1. The molecule has 0 atom stereocenters. The molecule has 1 N–H and O–H groups in total. The Labute approximate surface area is 165 Å². The summed E-state index contributed by atoms with van der Waals surface area (Å²) >= 11 is 0. The van der Waals surface area contributed by atoms with Gasteiger partial charge in [-0.2, -0.15) is 0 Å². The molecule has 28 heavy (non-hydrogen) atoms. The maximum absolute atomic E-state index is 15.2. The Hall–Kier alpha value is -2.43. The van der Waals surface area contributed by atoms with Crippen LogP contribution >= 0.6 is 0 Å². The fourth-order valence-electron chi connectivity index (χ4n) is 3.66. The van der Waals surface area contributed by atoms with Gasteiger partial charge in [-0.1, -0.05) is 26.8 Å². The Morgan fingerprint density at radius 1 is 1.14 bits per heavy atom. The summed E-state index contributed by atoms with van der Waals surface area (Å²) in [6.07, 6.45) is 1.99. The van der Waals surface area contributed by atoms with Gasteiger partial charge in [0.15, 0.2) is 5.82 Å². The summed E-state index contributed by atoms with van der Waals surface area (Å²) in [5, 5.41) is 2.83. The predicted octanol–water partition coefficient (Wildman–Crippen LogP) is 5.60. The molecule has 0 aliphatic carbocycles. The van der Waals surface area contributed by atoms with Crippen LogP contribution in [0.5, 0.6) is 0 Å². The van der Waals surface area contributed by atoms with Crippen molar-refractivity contribution < 1.29 is 13.6 Å². The molecule has 0 aromatic heterocycles. The van der Waals surface area contributed by atoms with E-state index >= 15 is 4.39 Å². The van der Waals surface area contributed by atoms with E-state index in [1.807, 2.05) is 25.7 Å². The number of benzene rings is 2. The number of nitrogens with one attached hydrogen (secondary N) is 1. The summed E-state index contributed by atoms with van der Waals surface area (Å²) in [5.74, 6) is -0.669. The first kappa shape index (κ1) is 20.3. The van der Waals surface area contributed by atoms with Crippen molar-refractivity contribution in [2.75, 3.05) is 16.8 Å². The number of hydrogen-bond acceptors (Lipinski definition) is 2. The minimum Gasteiger partial charge on any atom is -0.365 e. The van der Waals surface area contributed by atoms with Crippen LogP contribution in [0.3, 0.4) is 0 Å². The van der Waals surface area contributed by atoms with Gasteiger partial charge in [0.05, 0.1) is 5.69 Å². The zero-order chi connectivity index (χ0) is 20.5. The second-order valence-corrected chi connectivity index (χ2v) is 8.79. The van der Waals surface area contributed by atoms with E-state index in [4.69, 9.17) is 0 Å². The lowest BCUT2D eigenvalue weighted by Crippen LogP contribution is -2.24. The van der Waals surface area contributed by atoms with E-state index in [1.165, 1.54) is 6.07 Å². The number of carbonyl (C=O) groups is 1. The van der Waals surface area contributed by atoms with E-state index < -0.39 is 0 Å². The summed E-state index contributed by atoms with van der Waals surface area (Å²) in [6.45, 7) is 8.90. The average Bonchev–Trinajstić information content (AvgIpc) is 2.79. The van der Waals surface area contributed by atoms with Crippen molar-refractivity contribution in [1.82, 2.24) is 0 Å². The standard InChI is InChI=1S/C23H28F2N2O/c1-15-19(26-21(28)13-23(2,3)4)9-10-20(22(15)25)27-11-5-6-16-12-18(24)8-7-17(16)14-27/h7-10,12H,5-6,11,13-14H2,1-4H3,(H,26,28). The lowest BCUT2D eigenvalue weighted by atomic mass is 9.92. The van der Waals surface area contributed by atoms with Crippen molar-refractivity contribution in [3.8, 4) is 0 Å². The summed E-state index contributed by atoms with van der Waals surface area (Å²) in [4.78, 5) is 14.2. The minimum atomic E-state index is -0.320. The highest BCUT2D eigenvalue weighted by molar-refractivity contribution is 5.92. The normalized spacial score (nSPS) is 14.4. The Bertz CT molecular complexity index is 887. The summed E-state index contributed by atoms with van der Waals surface area (Å²) in [5.41, 5.74) is 3.35. The van der Waals surface area contributed by atoms with Crippen LogP contribution in [0.15, 0.2) is 30.3 Å². The fourth-order valence-corrected chi connectivity index (χ4v) is 3.66. The Balaban J connectivity index is 1.82. The van der Waals surface area contributed by atoms with Crippen LogP contribution in [0.2, 0.25) is 0 Å². The van der Waals surface area contributed by atoms with Crippen LogP contribution in [-0.4, -0.2) is 12.5 Å². The summed E-state index contributed by atoms with van der Waals surface area (Å²) < 4.78 is 28.7. The van der Waals surface area contributed by atoms with Gasteiger partial charge in [0, 0.05) is 30.8 Å². The lowest BCUT2D eigenvalue weighted by molar-refractivity contribution is -0.117. The molecule has 0 unspecified atom stereocenters. The van der Waals surface area contributed by atoms with E-state index in [1.54, 1.807) is 31.2 Å². The Morgan fingerprint density at radius 2 is 1.89 bits per heavy atom. The van der Waals surface area contributed by atoms with Gasteiger partial charge in [-0.05, 0) is 60.6 Å². The smallest absolute Gasteiger partial charge is 0.224 e. The molecule has 0 fully saturated rings. The van der Waals surface area contributed by atoms with Gasteiger partial charge in [-0.15, -0.1) is 0 Å². The maximum Gasteiger partial charge on any atom is 0.224 e. The quantitative estimate of drug-likeness (QED) is 0.745. The molecule has 0 saturated heterocycles. The van der Waals surface area contributed by atoms with Crippen molar-refractivity contribution in [2.45, 2.75) is 53.5 Å². The number of nitrogens with zero attached hydrogens (tertiary/aromatic N) is 1. The highest BCUT2D eigenvalue weighted by Crippen LogP contribution is 2.31. The van der Waals surface area contributed by atoms with Gasteiger partial charge in [-0.3, -0.25) is 4.79 Å². The summed E-state index contributed by atoms with van der Waals surface area (Å²) in [7, 11) is 0. The molecule has 5 heteroatoms. The highest BCUT2D eigenvalue weighted by atomic mass is 19.1. The molecule has 3 nitrogen and oxygen atoms in total. The molecule has 0 spiro atoms. The third-order valence-corrected chi connectivity index (χ3v) is 5.08. The van der Waals surface area contributed by atoms with Crippen LogP contribution in [0, 0.1) is 24.0 Å². The number of halogens is 2. The molecule has 0 bridgehead atoms. The fraction of sp³-hybridized carbons (Fsp3) is 0.435. The monoisotopic (exact) mass is 386 g/mol. The van der Waals surface area contributed by atoms with E-state index in [2.05, 4.69) is 5.32 Å². The zero-order valence-electron chi connectivity index (χ0n) is 17.0. The molecule has 150 valence electrons. The largest absolute Gasteiger partial charge is 0.365 e. The minimum absolute atomic E-state index is 0.117. The first-order valence-electron chi connectivity index (χ1n) is 9.75. The molecule has 0 saturated carbocycles. The number of aryl methyl sites for hydroxylation is 1. The molecule has 1 aliphatic rings. The van der Waals surface area contributed by atoms with Gasteiger partial charge in [-0.25, -0.2) is 8.78 Å². The number of carbonyl (C=O) groups excluding carboxylic acids is 1. The Kier molecular flexibility index (Phi) is 5.73. The van der Waals surface area contributed by atoms with Crippen molar-refractivity contribution in [1.29, 1.82) is 0 Å². The average molecular weight is 386 g/mol. The van der Waals surface area contributed by atoms with Crippen LogP contribution in [0.25, 0.3) is 0 Å². The van der Waals surface area contributed by atoms with Gasteiger partial charge < -0.3 is 10.2 Å². The molecule has 1 amide bonds. The third-order valence-electron chi connectivity index (χ3n) is 5.08. The van der Waals surface area contributed by atoms with E-state index in [-0.39, 0.29) is 23.0 Å². The lowest BCUT2D eigenvalue weighted by Gasteiger charge is -2.25. The van der Waals surface area contributed by atoms with E-state index in [9.17, 15) is 9.18 Å². The SMILES string of the molecule is Cc1c(NC(=O)CC(C)(C)C)ccc(N2CCCc3cc(F)ccc3C2)c1F. The van der Waals surface area contributed by atoms with E-state index in [0.29, 0.717) is 36.4 Å². The molecule has 1 aliphatic heterocycles. The molecular weight excluding hydrogens is 358 g/mol. The first-order valence-corrected chi connectivity index (χ1v) is 9.75. The number of rotatable bonds is 3. The number of fused-ring (bicyclic) bond motifs is 1. The van der Waals surface area contributed by atoms with E-state index in [0.717, 1.165) is 24.0 Å². The maximum atomic E-state index is 15.2. The number of anilines is 2. The van der Waals surface area contributed by atoms with Crippen LogP contribution in [0.1, 0.15) is 50.3 Å². The molecule has 1 heterocycles. The van der Waals surface area contributed by atoms with Gasteiger partial charge in [0.1, 0.15) is 5.82 Å². The topological polar surface area (TPSA) is 32.3 Å². The second-order valence-electron chi connectivity index (χ2n) is 8.79. The second kappa shape index (κ2) is 7.90. The third kappa shape index (κ3) is 4.70. The zero-order valence-corrected chi connectivity index (χ0v) is 17.0. The summed E-state index contributed by atoms with van der Waals surface area (Å²) in [6, 6.07) is 8.31. The van der Waals surface area contributed by atoms with Crippen LogP contribution < -0.4 is 10.2 Å². The van der Waals surface area contributed by atoms with Crippen LogP contribution in [-0.2, 0) is 17.8 Å². The molecular formula is C23H28F2N2O. The van der Waals surface area contributed by atoms with Crippen molar-refractivity contribution >= 4 is 17.3 Å². The van der Waals surface area contributed by atoms with Crippen molar-refractivity contribution in [3.63, 3.8) is 0 Å². The Morgan fingerprint density at radius 3 is 2.61 bits per heavy atom. The van der Waals surface area contributed by atoms with Gasteiger partial charge >= 0.3 is 0 Å². The van der Waals surface area contributed by atoms with Crippen molar-refractivity contribution in [2.24, 2.45) is 5.41 Å². The molecule has 0 radical (unpaired) electrons. The molecule has 3 rings (SSSR count). The van der Waals surface area contributed by atoms with Gasteiger partial charge in [0.25, 0.3) is 0 Å². The van der Waals surface area contributed by atoms with Crippen molar-refractivity contribution in [3.05, 3.63) is 58.7 Å². The number of amides is 1. The van der Waals surface area contributed by atoms with Crippen LogP contribution in [0.4, 0.5) is 20.2 Å². The highest BCUT2D eigenvalue weighted by Gasteiger charge is 2.21. The van der Waals surface area contributed by atoms with Gasteiger partial charge in [0.2, 0.25) is 5.91 Å². The molecule has 2 aromatic carbocycles. The first-order chi connectivity index (χ1) is 13.1.